The van der Waals surface area contributed by atoms with E-state index in [0.29, 0.717) is 30.9 Å². The van der Waals surface area contributed by atoms with Crippen LogP contribution in [0.15, 0.2) is 47.4 Å². The van der Waals surface area contributed by atoms with Crippen LogP contribution in [0.1, 0.15) is 54.9 Å². The number of carbonyl (C=O) groups excluding carboxylic acids is 2. The molecule has 7 nitrogen and oxygen atoms in total. The number of nitrogens with zero attached hydrogens (tertiary/aromatic N) is 1. The number of ether oxygens (including phenoxy) is 1. The molecule has 32 heavy (non-hydrogen) atoms. The Balaban J connectivity index is 1.70. The van der Waals surface area contributed by atoms with Crippen molar-refractivity contribution < 1.29 is 22.7 Å². The molecule has 0 bridgehead atoms. The van der Waals surface area contributed by atoms with Gasteiger partial charge in [0, 0.05) is 37.2 Å². The van der Waals surface area contributed by atoms with Crippen LogP contribution >= 0.6 is 0 Å². The molecule has 0 aliphatic carbocycles. The maximum Gasteiger partial charge on any atom is 0.246 e. The molecule has 2 aromatic carbocycles. The smallest absolute Gasteiger partial charge is 0.246 e. The Hall–Kier alpha value is -2.71. The molecule has 0 atom stereocenters. The molecular weight excluding hydrogens is 428 g/mol. The van der Waals surface area contributed by atoms with Crippen LogP contribution in [0.2, 0.25) is 0 Å². The zero-order chi connectivity index (χ0) is 23.1. The first-order chi connectivity index (χ1) is 15.3. The average Bonchev–Trinajstić information content (AvgIpc) is 2.79. The van der Waals surface area contributed by atoms with E-state index in [-0.39, 0.29) is 35.2 Å². The summed E-state index contributed by atoms with van der Waals surface area (Å²) in [6.45, 7) is 5.02. The Morgan fingerprint density at radius 2 is 1.69 bits per heavy atom. The maximum absolute atomic E-state index is 13.2. The number of nitrogens with one attached hydrogen (secondary N) is 1. The van der Waals surface area contributed by atoms with Crippen LogP contribution in [-0.4, -0.2) is 44.1 Å². The minimum atomic E-state index is -3.74. The molecule has 0 radical (unpaired) electrons. The zero-order valence-electron chi connectivity index (χ0n) is 18.6. The summed E-state index contributed by atoms with van der Waals surface area (Å²) < 4.78 is 33.4. The van der Waals surface area contributed by atoms with E-state index in [0.717, 1.165) is 24.8 Å². The largest absolute Gasteiger partial charge is 0.492 e. The van der Waals surface area contributed by atoms with Crippen molar-refractivity contribution in [1.29, 1.82) is 0 Å². The van der Waals surface area contributed by atoms with Crippen molar-refractivity contribution in [1.82, 2.24) is 4.31 Å². The van der Waals surface area contributed by atoms with Crippen molar-refractivity contribution in [2.45, 2.75) is 50.8 Å². The van der Waals surface area contributed by atoms with Crippen LogP contribution in [0.5, 0.6) is 5.75 Å². The molecule has 8 heteroatoms. The van der Waals surface area contributed by atoms with Gasteiger partial charge in [-0.2, -0.15) is 4.31 Å². The van der Waals surface area contributed by atoms with Gasteiger partial charge in [-0.05, 0) is 44.9 Å². The summed E-state index contributed by atoms with van der Waals surface area (Å²) in [5.41, 5.74) is 1.99. The first kappa shape index (κ1) is 23.9. The lowest BCUT2D eigenvalue weighted by Gasteiger charge is -2.27. The van der Waals surface area contributed by atoms with Gasteiger partial charge in [-0.15, -0.1) is 0 Å². The number of ketones is 1. The summed E-state index contributed by atoms with van der Waals surface area (Å²) in [4.78, 5) is 24.8. The van der Waals surface area contributed by atoms with Crippen molar-refractivity contribution in [3.05, 3.63) is 53.6 Å². The minimum absolute atomic E-state index is 0.00807. The minimum Gasteiger partial charge on any atom is -0.492 e. The molecular formula is C24H30N2O5S. The molecule has 1 aliphatic rings. The van der Waals surface area contributed by atoms with Gasteiger partial charge in [0.25, 0.3) is 0 Å². The highest BCUT2D eigenvalue weighted by Crippen LogP contribution is 2.31. The third-order valence-corrected chi connectivity index (χ3v) is 7.33. The fourth-order valence-corrected chi connectivity index (χ4v) is 5.32. The molecule has 2 aromatic rings. The molecule has 1 saturated heterocycles. The van der Waals surface area contributed by atoms with E-state index in [9.17, 15) is 18.0 Å². The van der Waals surface area contributed by atoms with Crippen molar-refractivity contribution >= 4 is 27.4 Å². The highest BCUT2D eigenvalue weighted by molar-refractivity contribution is 7.89. The highest BCUT2D eigenvalue weighted by atomic mass is 32.2. The van der Waals surface area contributed by atoms with E-state index in [4.69, 9.17) is 4.74 Å². The fraction of sp³-hybridized carbons (Fsp3) is 0.417. The lowest BCUT2D eigenvalue weighted by molar-refractivity contribution is -0.116. The van der Waals surface area contributed by atoms with Crippen LogP contribution < -0.4 is 10.1 Å². The molecule has 0 aromatic heterocycles. The summed E-state index contributed by atoms with van der Waals surface area (Å²) in [5, 5.41) is 2.71. The van der Waals surface area contributed by atoms with Gasteiger partial charge >= 0.3 is 0 Å². The Bertz CT molecular complexity index is 1060. The number of hydrogen-bond acceptors (Lipinski definition) is 5. The summed E-state index contributed by atoms with van der Waals surface area (Å²) in [6, 6.07) is 11.8. The predicted octanol–water partition coefficient (Wildman–Crippen LogP) is 4.17. The van der Waals surface area contributed by atoms with Crippen LogP contribution in [0.3, 0.4) is 0 Å². The fourth-order valence-electron chi connectivity index (χ4n) is 3.64. The van der Waals surface area contributed by atoms with Crippen LogP contribution in [0.25, 0.3) is 0 Å². The molecule has 0 unspecified atom stereocenters. The first-order valence-corrected chi connectivity index (χ1v) is 12.4. The number of amides is 1. The Labute approximate surface area is 189 Å². The number of aryl methyl sites for hydroxylation is 1. The zero-order valence-corrected chi connectivity index (χ0v) is 19.4. The third kappa shape index (κ3) is 5.95. The quantitative estimate of drug-likeness (QED) is 0.570. The third-order valence-electron chi connectivity index (χ3n) is 5.41. The topological polar surface area (TPSA) is 92.8 Å². The van der Waals surface area contributed by atoms with Crippen molar-refractivity contribution in [3.8, 4) is 5.75 Å². The Kier molecular flexibility index (Phi) is 8.04. The van der Waals surface area contributed by atoms with Gasteiger partial charge in [-0.1, -0.05) is 36.2 Å². The lowest BCUT2D eigenvalue weighted by Crippen LogP contribution is -2.35. The summed E-state index contributed by atoms with van der Waals surface area (Å²) in [5.74, 6) is -0.193. The number of carbonyl (C=O) groups is 2. The first-order valence-electron chi connectivity index (χ1n) is 11.0. The van der Waals surface area contributed by atoms with Crippen molar-refractivity contribution in [3.63, 3.8) is 0 Å². The number of hydrogen-bond donors (Lipinski definition) is 1. The van der Waals surface area contributed by atoms with E-state index in [2.05, 4.69) is 5.32 Å². The van der Waals surface area contributed by atoms with Crippen LogP contribution in [-0.2, 0) is 14.8 Å². The summed E-state index contributed by atoms with van der Waals surface area (Å²) in [6.07, 6.45) is 2.75. The monoisotopic (exact) mass is 458 g/mol. The number of benzene rings is 2. The second-order valence-electron chi connectivity index (χ2n) is 7.90. The SMILES string of the molecule is CCOc1ccc(NC(=O)CCC(=O)c2ccc(C)cc2)cc1S(=O)(=O)N1CCCCC1. The van der Waals surface area contributed by atoms with Crippen LogP contribution in [0.4, 0.5) is 5.69 Å². The van der Waals surface area contributed by atoms with Gasteiger partial charge in [-0.3, -0.25) is 9.59 Å². The summed E-state index contributed by atoms with van der Waals surface area (Å²) in [7, 11) is -3.74. The van der Waals surface area contributed by atoms with Crippen molar-refractivity contribution in [2.75, 3.05) is 25.0 Å². The number of anilines is 1. The van der Waals surface area contributed by atoms with E-state index < -0.39 is 10.0 Å². The van der Waals surface area contributed by atoms with Gasteiger partial charge in [0.1, 0.15) is 10.6 Å². The van der Waals surface area contributed by atoms with Gasteiger partial charge in [0.2, 0.25) is 15.9 Å². The van der Waals surface area contributed by atoms with Gasteiger partial charge < -0.3 is 10.1 Å². The van der Waals surface area contributed by atoms with Crippen molar-refractivity contribution in [2.24, 2.45) is 0 Å². The molecule has 1 aliphatic heterocycles. The number of rotatable bonds is 9. The van der Waals surface area contributed by atoms with Gasteiger partial charge in [-0.25, -0.2) is 8.42 Å². The Morgan fingerprint density at radius 3 is 2.34 bits per heavy atom. The average molecular weight is 459 g/mol. The molecule has 1 fully saturated rings. The molecule has 0 spiro atoms. The lowest BCUT2D eigenvalue weighted by atomic mass is 10.0. The summed E-state index contributed by atoms with van der Waals surface area (Å²) >= 11 is 0. The van der Waals surface area contributed by atoms with E-state index in [1.165, 1.54) is 10.4 Å². The van der Waals surface area contributed by atoms with E-state index in [1.807, 2.05) is 19.1 Å². The molecule has 1 N–H and O–H groups in total. The van der Waals surface area contributed by atoms with Gasteiger partial charge in [0.15, 0.2) is 5.78 Å². The molecule has 3 rings (SSSR count). The number of Topliss-reactive ketones (excluding diaryl/α,β-unsaturated/α-hetero) is 1. The molecule has 0 saturated carbocycles. The predicted molar refractivity (Wildman–Crippen MR) is 124 cm³/mol. The standard InChI is InChI=1S/C24H30N2O5S/c1-3-31-22-13-11-20(17-23(22)32(29,30)26-15-5-4-6-16-26)25-24(28)14-12-21(27)19-9-7-18(2)8-10-19/h7-11,13,17H,3-6,12,14-16H2,1-2H3,(H,25,28). The second kappa shape index (κ2) is 10.7. The maximum atomic E-state index is 13.2. The van der Waals surface area contributed by atoms with E-state index >= 15 is 0 Å². The molecule has 1 amide bonds. The van der Waals surface area contributed by atoms with Gasteiger partial charge in [0.05, 0.1) is 6.61 Å². The highest BCUT2D eigenvalue weighted by Gasteiger charge is 2.29. The van der Waals surface area contributed by atoms with E-state index in [1.54, 1.807) is 31.2 Å². The molecule has 1 heterocycles. The van der Waals surface area contributed by atoms with Crippen LogP contribution in [0, 0.1) is 6.92 Å². The second-order valence-corrected chi connectivity index (χ2v) is 9.80. The number of piperidine rings is 1. The Morgan fingerprint density at radius 1 is 1.00 bits per heavy atom. The normalized spacial score (nSPS) is 14.7. The number of sulfonamides is 1. The molecule has 172 valence electrons.